The van der Waals surface area contributed by atoms with Gasteiger partial charge in [0.25, 0.3) is 5.72 Å². The third-order valence-corrected chi connectivity index (χ3v) is 6.37. The molecule has 3 heterocycles. The molecule has 2 atom stereocenters. The highest BCUT2D eigenvalue weighted by Gasteiger charge is 2.50. The van der Waals surface area contributed by atoms with Gasteiger partial charge in [0, 0.05) is 18.3 Å². The van der Waals surface area contributed by atoms with Crippen LogP contribution < -0.4 is 4.74 Å². The van der Waals surface area contributed by atoms with Gasteiger partial charge in [-0.1, -0.05) is 18.1 Å². The first-order valence-corrected chi connectivity index (χ1v) is 11.2. The van der Waals surface area contributed by atoms with Crippen LogP contribution in [0.2, 0.25) is 0 Å². The molecule has 0 bridgehead atoms. The van der Waals surface area contributed by atoms with E-state index in [-0.39, 0.29) is 12.4 Å². The average molecular weight is 463 g/mol. The second-order valence-electron chi connectivity index (χ2n) is 8.90. The Hall–Kier alpha value is -3.65. The number of aromatic nitrogens is 2. The summed E-state index contributed by atoms with van der Waals surface area (Å²) in [5.41, 5.74) is 3.29. The van der Waals surface area contributed by atoms with E-state index in [0.29, 0.717) is 23.9 Å². The van der Waals surface area contributed by atoms with Crippen LogP contribution in [0.4, 0.5) is 4.39 Å². The number of ether oxygens (including phenoxy) is 1. The van der Waals surface area contributed by atoms with Gasteiger partial charge >= 0.3 is 0 Å². The number of oxime groups is 1. The topological polar surface area (TPSA) is 72.1 Å². The molecule has 3 aromatic rings. The number of hydrogen-bond acceptors (Lipinski definition) is 6. The predicted octanol–water partition coefficient (Wildman–Crippen LogP) is 4.24. The van der Waals surface area contributed by atoms with Crippen molar-refractivity contribution in [3.63, 3.8) is 0 Å². The van der Waals surface area contributed by atoms with Gasteiger partial charge in [-0.05, 0) is 72.9 Å². The van der Waals surface area contributed by atoms with Gasteiger partial charge in [-0.15, -0.1) is 0 Å². The summed E-state index contributed by atoms with van der Waals surface area (Å²) in [6.07, 6.45) is 6.61. The minimum Gasteiger partial charge on any atom is -0.495 e. The van der Waals surface area contributed by atoms with Crippen molar-refractivity contribution in [2.24, 2.45) is 11.1 Å². The third kappa shape index (κ3) is 3.74. The summed E-state index contributed by atoms with van der Waals surface area (Å²) in [6.45, 7) is 4.45. The van der Waals surface area contributed by atoms with Gasteiger partial charge in [0.1, 0.15) is 18.2 Å². The van der Waals surface area contributed by atoms with Crippen LogP contribution in [0.5, 0.6) is 5.75 Å². The highest BCUT2D eigenvalue weighted by Crippen LogP contribution is 2.41. The van der Waals surface area contributed by atoms with Gasteiger partial charge in [-0.3, -0.25) is 0 Å². The summed E-state index contributed by atoms with van der Waals surface area (Å²) in [4.78, 5) is 12.2. The number of benzene rings is 2. The molecule has 0 spiro atoms. The number of imidazole rings is 1. The van der Waals surface area contributed by atoms with Crippen molar-refractivity contribution >= 4 is 11.9 Å². The van der Waals surface area contributed by atoms with Crippen molar-refractivity contribution in [2.45, 2.75) is 26.0 Å². The Morgan fingerprint density at radius 3 is 2.74 bits per heavy atom. The van der Waals surface area contributed by atoms with Crippen LogP contribution in [0.15, 0.2) is 65.7 Å². The van der Waals surface area contributed by atoms with Gasteiger partial charge < -0.3 is 24.1 Å². The number of aryl methyl sites for hydroxylation is 1. The number of piperidine rings is 1. The lowest BCUT2D eigenvalue weighted by atomic mass is 9.89. The maximum atomic E-state index is 13.5. The van der Waals surface area contributed by atoms with E-state index >= 15 is 0 Å². The van der Waals surface area contributed by atoms with Crippen molar-refractivity contribution in [3.8, 4) is 11.4 Å². The number of aliphatic hydroxyl groups excluding tert-OH is 1. The van der Waals surface area contributed by atoms with E-state index in [0.717, 1.165) is 34.7 Å². The molecule has 1 N–H and O–H groups in total. The molecule has 0 aliphatic carbocycles. The molecule has 8 heteroatoms. The fourth-order valence-electron chi connectivity index (χ4n) is 4.70. The van der Waals surface area contributed by atoms with Crippen molar-refractivity contribution in [1.29, 1.82) is 0 Å². The highest BCUT2D eigenvalue weighted by molar-refractivity contribution is 6.03. The first kappa shape index (κ1) is 22.2. The van der Waals surface area contributed by atoms with Gasteiger partial charge in [0.15, 0.2) is 5.84 Å². The fraction of sp³-hybridized carbons (Fsp3) is 0.308. The van der Waals surface area contributed by atoms with E-state index in [1.165, 1.54) is 12.1 Å². The number of nitrogens with zero attached hydrogens (tertiary/aromatic N) is 4. The van der Waals surface area contributed by atoms with E-state index in [1.807, 2.05) is 40.8 Å². The van der Waals surface area contributed by atoms with Crippen molar-refractivity contribution in [2.75, 3.05) is 20.3 Å². The van der Waals surface area contributed by atoms with E-state index in [9.17, 15) is 9.50 Å². The number of amidine groups is 1. The van der Waals surface area contributed by atoms with Gasteiger partial charge in [-0.2, -0.15) is 0 Å². The maximum absolute atomic E-state index is 13.5. The molecule has 2 aliphatic rings. The summed E-state index contributed by atoms with van der Waals surface area (Å²) >= 11 is 0. The smallest absolute Gasteiger partial charge is 0.260 e. The zero-order chi connectivity index (χ0) is 23.9. The summed E-state index contributed by atoms with van der Waals surface area (Å²) in [5.74, 6) is 1.37. The molecule has 34 heavy (non-hydrogen) atoms. The molecule has 0 amide bonds. The molecule has 2 aliphatic heterocycles. The summed E-state index contributed by atoms with van der Waals surface area (Å²) in [6, 6.07) is 12.0. The largest absolute Gasteiger partial charge is 0.495 e. The maximum Gasteiger partial charge on any atom is 0.260 e. The second-order valence-corrected chi connectivity index (χ2v) is 8.90. The molecule has 1 saturated heterocycles. The predicted molar refractivity (Wildman–Crippen MR) is 127 cm³/mol. The Labute approximate surface area is 197 Å². The quantitative estimate of drug-likeness (QED) is 0.614. The molecule has 7 nitrogen and oxygen atoms in total. The lowest BCUT2D eigenvalue weighted by Crippen LogP contribution is -2.52. The first-order valence-electron chi connectivity index (χ1n) is 11.2. The SMILES string of the molecule is COc1cc(/C=C2\C[C@@H](C)CN3C2=NO[C@]3(CO)c2ccc(F)cc2)ccc1-n1cnc(C)c1. The van der Waals surface area contributed by atoms with Gasteiger partial charge in [-0.25, -0.2) is 9.37 Å². The molecule has 176 valence electrons. The molecular weight excluding hydrogens is 435 g/mol. The highest BCUT2D eigenvalue weighted by atomic mass is 19.1. The van der Waals surface area contributed by atoms with Crippen LogP contribution in [0.1, 0.15) is 30.2 Å². The molecule has 0 unspecified atom stereocenters. The van der Waals surface area contributed by atoms with Crippen molar-refractivity contribution in [3.05, 3.63) is 83.2 Å². The van der Waals surface area contributed by atoms with Crippen molar-refractivity contribution < 1.29 is 19.1 Å². The van der Waals surface area contributed by atoms with Crippen LogP contribution in [-0.4, -0.2) is 45.7 Å². The third-order valence-electron chi connectivity index (χ3n) is 6.37. The van der Waals surface area contributed by atoms with E-state index < -0.39 is 5.72 Å². The van der Waals surface area contributed by atoms with Crippen LogP contribution in [0.3, 0.4) is 0 Å². The number of hydrogen-bond donors (Lipinski definition) is 1. The molecule has 0 radical (unpaired) electrons. The summed E-state index contributed by atoms with van der Waals surface area (Å²) < 4.78 is 21.1. The second kappa shape index (κ2) is 8.61. The van der Waals surface area contributed by atoms with Crippen LogP contribution in [-0.2, 0) is 10.6 Å². The molecule has 5 rings (SSSR count). The lowest BCUT2D eigenvalue weighted by Gasteiger charge is -2.41. The normalized spacial score (nSPS) is 23.0. The Bertz CT molecular complexity index is 1270. The first-order chi connectivity index (χ1) is 16.4. The van der Waals surface area contributed by atoms with Gasteiger partial charge in [0.05, 0.1) is 24.8 Å². The Morgan fingerprint density at radius 2 is 2.06 bits per heavy atom. The van der Waals surface area contributed by atoms with Crippen LogP contribution in [0.25, 0.3) is 11.8 Å². The Balaban J connectivity index is 1.50. The van der Waals surface area contributed by atoms with E-state index in [4.69, 9.17) is 9.57 Å². The average Bonchev–Trinajstić information content (AvgIpc) is 3.43. The Kier molecular flexibility index (Phi) is 5.61. The zero-order valence-electron chi connectivity index (χ0n) is 19.4. The summed E-state index contributed by atoms with van der Waals surface area (Å²) in [7, 11) is 1.65. The number of halogens is 1. The molecule has 1 aromatic heterocycles. The van der Waals surface area contributed by atoms with Crippen LogP contribution >= 0.6 is 0 Å². The standard InChI is InChI=1S/C26H27FN4O3/c1-17-10-20(11-19-4-9-23(24(12-19)33-3)30-14-18(2)28-16-30)25-29-34-26(15-32,31(25)13-17)21-5-7-22(27)8-6-21/h4-9,11-12,14,16-17,32H,10,13,15H2,1-3H3/b20-11+/t17-,26-/m1/s1. The van der Waals surface area contributed by atoms with Gasteiger partial charge in [0.2, 0.25) is 0 Å². The van der Waals surface area contributed by atoms with Crippen molar-refractivity contribution in [1.82, 2.24) is 14.5 Å². The zero-order valence-corrected chi connectivity index (χ0v) is 19.4. The van der Waals surface area contributed by atoms with E-state index in [1.54, 1.807) is 25.6 Å². The van der Waals surface area contributed by atoms with E-state index in [2.05, 4.69) is 23.1 Å². The number of methoxy groups -OCH3 is 1. The number of rotatable bonds is 5. The van der Waals surface area contributed by atoms with Crippen LogP contribution in [0, 0.1) is 18.7 Å². The lowest BCUT2D eigenvalue weighted by molar-refractivity contribution is -0.140. The molecule has 2 aromatic carbocycles. The minimum atomic E-state index is -1.17. The molecular formula is C26H27FN4O3. The Morgan fingerprint density at radius 1 is 1.26 bits per heavy atom. The summed E-state index contributed by atoms with van der Waals surface area (Å²) in [5, 5.41) is 14.8. The number of fused-ring (bicyclic) bond motifs is 1. The monoisotopic (exact) mass is 462 g/mol. The number of aliphatic hydroxyl groups is 1. The fourth-order valence-corrected chi connectivity index (χ4v) is 4.70. The molecule has 1 fully saturated rings. The minimum absolute atomic E-state index is 0.299. The molecule has 0 saturated carbocycles.